The van der Waals surface area contributed by atoms with Crippen molar-refractivity contribution in [2.75, 3.05) is 38.0 Å². The Balaban J connectivity index is 0.000000181. The monoisotopic (exact) mass is 1680 g/mol. The highest BCUT2D eigenvalue weighted by Crippen LogP contribution is 2.26. The average molecular weight is 1680 g/mol. The summed E-state index contributed by atoms with van der Waals surface area (Å²) in [6.45, 7) is 31.9. The predicted molar refractivity (Wildman–Crippen MR) is 526 cm³/mol. The molecule has 0 radical (unpaired) electrons. The zero-order valence-electron chi connectivity index (χ0n) is 75.4. The highest BCUT2D eigenvalue weighted by Gasteiger charge is 2.10. The average Bonchev–Trinajstić information content (AvgIpc) is 0.982. The van der Waals surface area contributed by atoms with E-state index in [1.54, 1.807) is 43.4 Å². The van der Waals surface area contributed by atoms with Gasteiger partial charge in [-0.05, 0) is 110 Å². The summed E-state index contributed by atoms with van der Waals surface area (Å²) in [5.74, 6) is 6.19. The number of aromatic nitrogens is 14. The number of hydrogen-bond acceptors (Lipinski definition) is 28. The standard InChI is InChI=1S/C15H20N4.4C14H18N4.2C13H16N4/c1-3-7-13(8-4-2)17-19-15-14-10-6-5-9-12(14)11-16-18-15;2*1-10(2)8-11(3)16-18-14-13-7-5-4-6-12(13)9-15-17-14;1-3-4-7-11(2)16-18-14-13-9-6-5-8-12(13)10-15-17-14;1-3-7-12(4-2)16-18-14-13-9-6-5-8-11(13)10-15-17-14;1-3-11(4-2)15-17-13-12-8-6-5-7-10(12)9-14-16-13;1-2-3-6-9-14-16-13-12-8-5-4-7-11(12)10-15-17-13/h5-6,9-11H,3-4,7-8H2,1-2H3,(H,18,19);2*4-7,9-10H,8H2,1-3H3,(H,17,18);2*5-6,8-10H,3-4,7H2,1-2H3,(H,17,18);5-9H,3-4H2,1-2H3,(H,16,17);4-5,7-10H,2-3,6H2,1H3,(H,16,17)/b;3*16-11-;16-12+;;14-9-. The van der Waals surface area contributed by atoms with Crippen LogP contribution >= 0.6 is 0 Å². The summed E-state index contributed by atoms with van der Waals surface area (Å²) in [6, 6.07) is 56.1. The van der Waals surface area contributed by atoms with Crippen molar-refractivity contribution >= 4 is 157 Å². The van der Waals surface area contributed by atoms with E-state index in [0.717, 1.165) is 212 Å². The number of hydrazone groups is 7. The largest absolute Gasteiger partial charge is 0.260 e. The van der Waals surface area contributed by atoms with Gasteiger partial charge < -0.3 is 0 Å². The smallest absolute Gasteiger partial charge is 0.176 e. The van der Waals surface area contributed by atoms with Crippen molar-refractivity contribution in [1.29, 1.82) is 0 Å². The van der Waals surface area contributed by atoms with E-state index in [0.29, 0.717) is 40.9 Å². The Kier molecular flexibility index (Phi) is 42.7. The molecule has 0 bridgehead atoms. The highest BCUT2D eigenvalue weighted by atomic mass is 15.4. The maximum Gasteiger partial charge on any atom is 0.176 e. The molecule has 0 aliphatic carbocycles. The minimum Gasteiger partial charge on any atom is -0.260 e. The molecule has 0 fully saturated rings. The van der Waals surface area contributed by atoms with E-state index in [-0.39, 0.29) is 0 Å². The van der Waals surface area contributed by atoms with Crippen LogP contribution in [0, 0.1) is 11.8 Å². The van der Waals surface area contributed by atoms with Gasteiger partial charge in [0.05, 0.1) is 43.4 Å². The number of anilines is 7. The number of fused-ring (bicyclic) bond motifs is 7. The summed E-state index contributed by atoms with van der Waals surface area (Å²) < 4.78 is 0. The Bertz CT molecular complexity index is 5650. The second-order valence-corrected chi connectivity index (χ2v) is 30.4. The number of nitrogens with zero attached hydrogens (tertiary/aromatic N) is 21. The predicted octanol–water partition coefficient (Wildman–Crippen LogP) is 24.6. The lowest BCUT2D eigenvalue weighted by molar-refractivity contribution is 0.681. The van der Waals surface area contributed by atoms with Crippen LogP contribution in [0.3, 0.4) is 0 Å². The van der Waals surface area contributed by atoms with E-state index in [2.05, 4.69) is 228 Å². The number of nitrogens with one attached hydrogen (secondary N) is 7. The van der Waals surface area contributed by atoms with Crippen molar-refractivity contribution in [3.8, 4) is 0 Å². The van der Waals surface area contributed by atoms with Crippen LogP contribution in [-0.4, -0.2) is 112 Å². The van der Waals surface area contributed by atoms with E-state index in [9.17, 15) is 0 Å². The zero-order chi connectivity index (χ0) is 89.0. The molecule has 0 aliphatic rings. The maximum absolute atomic E-state index is 4.49. The van der Waals surface area contributed by atoms with Gasteiger partial charge in [0.15, 0.2) is 40.7 Å². The third kappa shape index (κ3) is 33.2. The summed E-state index contributed by atoms with van der Waals surface area (Å²) >= 11 is 0. The van der Waals surface area contributed by atoms with Gasteiger partial charge in [-0.25, -0.2) is 0 Å². The topological polar surface area (TPSA) is 351 Å². The van der Waals surface area contributed by atoms with Gasteiger partial charge in [0, 0.05) is 116 Å². The first-order valence-electron chi connectivity index (χ1n) is 43.6. The van der Waals surface area contributed by atoms with Gasteiger partial charge in [0.25, 0.3) is 0 Å². The molecule has 7 aromatic carbocycles. The van der Waals surface area contributed by atoms with Crippen LogP contribution in [0.4, 0.5) is 40.7 Å². The van der Waals surface area contributed by atoms with Crippen LogP contribution in [0.25, 0.3) is 75.4 Å². The molecule has 0 saturated carbocycles. The maximum atomic E-state index is 4.49. The lowest BCUT2D eigenvalue weighted by atomic mass is 10.1. The fraction of sp³-hybridized carbons (Fsp3) is 0.351. The normalized spacial score (nSPS) is 11.4. The number of benzene rings is 7. The Morgan fingerprint density at radius 3 is 0.776 bits per heavy atom. The van der Waals surface area contributed by atoms with Crippen molar-refractivity contribution < 1.29 is 0 Å². The molecule has 0 aliphatic heterocycles. The number of rotatable bonds is 33. The minimum atomic E-state index is 0.606. The van der Waals surface area contributed by atoms with E-state index >= 15 is 0 Å². The fourth-order valence-corrected chi connectivity index (χ4v) is 12.7. The summed E-state index contributed by atoms with van der Waals surface area (Å²) in [5, 5.41) is 102. The SMILES string of the molecule is C/C(CC(C)C)=N/Nc1nncc2ccccc12.C/C(CC(C)C)=N/Nc1nncc2ccccc12.CCC(CC)=NNc1nncc2ccccc12.CCC/C(CC)=N/Nc1nncc2ccccc12.CCCC(CCC)=NNc1nncc2ccccc12.CCCC/C(C)=N\Nc1nncc2ccccc12.CCCC/C=N\Nc1nncc2ccccc12. The molecule has 0 unspecified atom stereocenters. The minimum absolute atomic E-state index is 0.606. The van der Waals surface area contributed by atoms with Crippen LogP contribution in [0.1, 0.15) is 213 Å². The first-order chi connectivity index (χ1) is 61.1. The van der Waals surface area contributed by atoms with Crippen molar-refractivity contribution in [2.24, 2.45) is 47.5 Å². The molecule has 28 nitrogen and oxygen atoms in total. The van der Waals surface area contributed by atoms with E-state index in [4.69, 9.17) is 0 Å². The summed E-state index contributed by atoms with van der Waals surface area (Å²) in [5.41, 5.74) is 27.8. The Morgan fingerprint density at radius 2 is 0.512 bits per heavy atom. The molecular weight excluding hydrogens is 1560 g/mol. The first kappa shape index (κ1) is 96.7. The fourth-order valence-electron chi connectivity index (χ4n) is 12.7. The van der Waals surface area contributed by atoms with Gasteiger partial charge >= 0.3 is 0 Å². The number of unbranched alkanes of at least 4 members (excludes halogenated alkanes) is 3. The molecule has 0 spiro atoms. The van der Waals surface area contributed by atoms with Crippen LogP contribution in [0.15, 0.2) is 249 Å². The van der Waals surface area contributed by atoms with Gasteiger partial charge in [-0.3, -0.25) is 38.0 Å². The lowest BCUT2D eigenvalue weighted by Gasteiger charge is -2.06. The van der Waals surface area contributed by atoms with E-state index in [1.165, 1.54) is 18.6 Å². The third-order valence-corrected chi connectivity index (χ3v) is 19.1. The first-order valence-corrected chi connectivity index (χ1v) is 43.6. The Morgan fingerprint density at radius 1 is 0.272 bits per heavy atom. The van der Waals surface area contributed by atoms with Crippen LogP contribution in [0.2, 0.25) is 0 Å². The summed E-state index contributed by atoms with van der Waals surface area (Å²) in [4.78, 5) is 0. The second-order valence-electron chi connectivity index (χ2n) is 30.4. The zero-order valence-corrected chi connectivity index (χ0v) is 75.4. The van der Waals surface area contributed by atoms with Gasteiger partial charge in [-0.2, -0.15) is 71.4 Å². The molecule has 7 aromatic heterocycles. The van der Waals surface area contributed by atoms with Gasteiger partial charge in [0.1, 0.15) is 0 Å². The van der Waals surface area contributed by atoms with Crippen molar-refractivity contribution in [1.82, 2.24) is 71.4 Å². The van der Waals surface area contributed by atoms with Crippen LogP contribution < -0.4 is 38.0 Å². The Labute approximate surface area is 735 Å². The molecule has 652 valence electrons. The van der Waals surface area contributed by atoms with Gasteiger partial charge in [-0.15, -0.1) is 35.7 Å². The molecule has 28 heteroatoms. The summed E-state index contributed by atoms with van der Waals surface area (Å²) in [6.07, 6.45) is 32.1. The third-order valence-electron chi connectivity index (χ3n) is 19.1. The molecule has 0 saturated heterocycles. The van der Waals surface area contributed by atoms with E-state index in [1.807, 2.05) is 197 Å². The lowest BCUT2D eigenvalue weighted by Crippen LogP contribution is -2.03. The molecular formula is C97H124N28. The molecule has 125 heavy (non-hydrogen) atoms. The van der Waals surface area contributed by atoms with Crippen molar-refractivity contribution in [3.63, 3.8) is 0 Å². The van der Waals surface area contributed by atoms with Crippen molar-refractivity contribution in [2.45, 2.75) is 213 Å². The molecule has 14 aromatic rings. The number of hydrogen-bond donors (Lipinski definition) is 7. The van der Waals surface area contributed by atoms with Gasteiger partial charge in [-0.1, -0.05) is 285 Å². The molecule has 7 N–H and O–H groups in total. The summed E-state index contributed by atoms with van der Waals surface area (Å²) in [7, 11) is 0. The Hall–Kier alpha value is -13.8. The highest BCUT2D eigenvalue weighted by molar-refractivity contribution is 5.98. The molecule has 0 amide bonds. The molecule has 14 rings (SSSR count). The van der Waals surface area contributed by atoms with Gasteiger partial charge in [0.2, 0.25) is 0 Å². The quantitative estimate of drug-likeness (QED) is 0.0114. The second kappa shape index (κ2) is 55.3. The van der Waals surface area contributed by atoms with E-state index < -0.39 is 0 Å². The van der Waals surface area contributed by atoms with Crippen LogP contribution in [-0.2, 0) is 0 Å². The van der Waals surface area contributed by atoms with Crippen molar-refractivity contribution in [3.05, 3.63) is 213 Å². The molecule has 0 atom stereocenters. The van der Waals surface area contributed by atoms with Crippen LogP contribution in [0.5, 0.6) is 0 Å². The molecule has 7 heterocycles.